The maximum absolute atomic E-state index is 5.31. The van der Waals surface area contributed by atoms with E-state index in [-0.39, 0.29) is 0 Å². The molecule has 0 amide bonds. The number of aromatic amines is 1. The van der Waals surface area contributed by atoms with Crippen molar-refractivity contribution in [2.45, 2.75) is 19.9 Å². The lowest BCUT2D eigenvalue weighted by molar-refractivity contribution is 0.476. The molecular weight excluding hydrogens is 408 g/mol. The molecule has 0 saturated carbocycles. The summed E-state index contributed by atoms with van der Waals surface area (Å²) in [6.07, 6.45) is 2.28. The molecule has 3 rings (SSSR count). The molecule has 0 spiro atoms. The van der Waals surface area contributed by atoms with Gasteiger partial charge in [-0.25, -0.2) is 4.98 Å². The number of nitrogens with one attached hydrogen (secondary N) is 2. The van der Waals surface area contributed by atoms with Crippen LogP contribution in [0.25, 0.3) is 11.6 Å². The van der Waals surface area contributed by atoms with Crippen molar-refractivity contribution >= 4 is 21.9 Å². The molecule has 27 heavy (non-hydrogen) atoms. The molecule has 8 heteroatoms. The van der Waals surface area contributed by atoms with E-state index in [1.807, 2.05) is 37.4 Å². The molecule has 0 atom stereocenters. The first-order chi connectivity index (χ1) is 13.2. The second kappa shape index (κ2) is 9.36. The van der Waals surface area contributed by atoms with E-state index < -0.39 is 0 Å². The number of aliphatic imine (C=N–C) groups is 1. The van der Waals surface area contributed by atoms with Crippen molar-refractivity contribution in [3.63, 3.8) is 0 Å². The monoisotopic (exact) mass is 430 g/mol. The van der Waals surface area contributed by atoms with Gasteiger partial charge in [-0.3, -0.25) is 10.1 Å². The van der Waals surface area contributed by atoms with E-state index >= 15 is 0 Å². The summed E-state index contributed by atoms with van der Waals surface area (Å²) in [4.78, 5) is 11.3. The molecule has 3 aromatic rings. The molecule has 7 nitrogen and oxygen atoms in total. The Balaban J connectivity index is 1.61. The van der Waals surface area contributed by atoms with Gasteiger partial charge in [0.15, 0.2) is 11.7 Å². The third-order valence-electron chi connectivity index (χ3n) is 3.95. The van der Waals surface area contributed by atoms with Crippen LogP contribution in [0, 0.1) is 0 Å². The Morgan fingerprint density at radius 2 is 2.15 bits per heavy atom. The number of furan rings is 1. The van der Waals surface area contributed by atoms with Crippen LogP contribution in [0.1, 0.15) is 18.3 Å². The van der Waals surface area contributed by atoms with Crippen LogP contribution in [0.15, 0.2) is 56.5 Å². The molecule has 0 radical (unpaired) electrons. The first-order valence-electron chi connectivity index (χ1n) is 8.85. The molecule has 142 valence electrons. The van der Waals surface area contributed by atoms with Crippen LogP contribution < -0.4 is 5.32 Å². The average Bonchev–Trinajstić information content (AvgIpc) is 3.34. The minimum atomic E-state index is 0.567. The number of halogens is 1. The number of hydrogen-bond acceptors (Lipinski definition) is 4. The molecule has 0 bridgehead atoms. The minimum Gasteiger partial charge on any atom is -0.461 e. The molecule has 0 fully saturated rings. The quantitative estimate of drug-likeness (QED) is 0.442. The van der Waals surface area contributed by atoms with Gasteiger partial charge < -0.3 is 14.6 Å². The number of nitrogens with zero attached hydrogens (tertiary/aromatic N) is 4. The maximum Gasteiger partial charge on any atom is 0.216 e. The topological polar surface area (TPSA) is 82.3 Å². The molecule has 2 heterocycles. The van der Waals surface area contributed by atoms with Crippen molar-refractivity contribution in [3.8, 4) is 11.6 Å². The molecule has 1 aromatic carbocycles. The molecular formula is C19H23BrN6O. The minimum absolute atomic E-state index is 0.567. The fourth-order valence-corrected chi connectivity index (χ4v) is 3.03. The van der Waals surface area contributed by atoms with Gasteiger partial charge in [-0.15, -0.1) is 0 Å². The normalized spacial score (nSPS) is 11.6. The van der Waals surface area contributed by atoms with Gasteiger partial charge in [0.25, 0.3) is 0 Å². The van der Waals surface area contributed by atoms with Gasteiger partial charge in [0, 0.05) is 37.6 Å². The van der Waals surface area contributed by atoms with Crippen molar-refractivity contribution in [3.05, 3.63) is 58.5 Å². The Labute approximate surface area is 167 Å². The summed E-state index contributed by atoms with van der Waals surface area (Å²) < 4.78 is 6.41. The summed E-state index contributed by atoms with van der Waals surface area (Å²) in [6, 6.07) is 11.9. The lowest BCUT2D eigenvalue weighted by Crippen LogP contribution is -2.38. The smallest absolute Gasteiger partial charge is 0.216 e. The van der Waals surface area contributed by atoms with Crippen molar-refractivity contribution in [2.75, 3.05) is 20.1 Å². The van der Waals surface area contributed by atoms with Crippen molar-refractivity contribution in [2.24, 2.45) is 4.99 Å². The zero-order valence-corrected chi connectivity index (χ0v) is 17.0. The molecule has 0 aliphatic heterocycles. The number of guanidine groups is 1. The summed E-state index contributed by atoms with van der Waals surface area (Å²) in [5, 5.41) is 10.5. The highest BCUT2D eigenvalue weighted by Gasteiger charge is 2.10. The van der Waals surface area contributed by atoms with E-state index in [0.717, 1.165) is 29.3 Å². The number of benzene rings is 1. The summed E-state index contributed by atoms with van der Waals surface area (Å²) in [7, 11) is 2.03. The van der Waals surface area contributed by atoms with Crippen LogP contribution in [-0.2, 0) is 13.0 Å². The maximum atomic E-state index is 5.31. The van der Waals surface area contributed by atoms with Gasteiger partial charge >= 0.3 is 0 Å². The van der Waals surface area contributed by atoms with E-state index in [1.165, 1.54) is 5.56 Å². The van der Waals surface area contributed by atoms with E-state index in [4.69, 9.17) is 9.41 Å². The first-order valence-corrected chi connectivity index (χ1v) is 9.64. The number of rotatable bonds is 7. The molecule has 2 N–H and O–H groups in total. The van der Waals surface area contributed by atoms with Gasteiger partial charge in [-0.05, 0) is 30.7 Å². The predicted molar refractivity (Wildman–Crippen MR) is 109 cm³/mol. The lowest BCUT2D eigenvalue weighted by Gasteiger charge is -2.22. The van der Waals surface area contributed by atoms with Gasteiger partial charge in [0.2, 0.25) is 5.82 Å². The lowest BCUT2D eigenvalue weighted by atomic mass is 10.2. The van der Waals surface area contributed by atoms with E-state index in [1.54, 1.807) is 6.26 Å². The Bertz CT molecular complexity index is 874. The van der Waals surface area contributed by atoms with Crippen LogP contribution in [0.2, 0.25) is 0 Å². The Hall–Kier alpha value is -2.61. The van der Waals surface area contributed by atoms with E-state index in [9.17, 15) is 0 Å². The van der Waals surface area contributed by atoms with Crippen LogP contribution >= 0.6 is 15.9 Å². The van der Waals surface area contributed by atoms with Gasteiger partial charge in [-0.2, -0.15) is 5.10 Å². The molecule has 0 aliphatic carbocycles. The average molecular weight is 431 g/mol. The van der Waals surface area contributed by atoms with Crippen molar-refractivity contribution < 1.29 is 4.42 Å². The van der Waals surface area contributed by atoms with Crippen LogP contribution in [0.4, 0.5) is 0 Å². The van der Waals surface area contributed by atoms with Gasteiger partial charge in [0.1, 0.15) is 5.82 Å². The van der Waals surface area contributed by atoms with E-state index in [2.05, 4.69) is 54.3 Å². The fourth-order valence-electron chi connectivity index (χ4n) is 2.62. The second-order valence-corrected chi connectivity index (χ2v) is 6.87. The van der Waals surface area contributed by atoms with Crippen LogP contribution in [0.5, 0.6) is 0 Å². The Morgan fingerprint density at radius 1 is 1.30 bits per heavy atom. The zero-order chi connectivity index (χ0) is 19.1. The molecule has 0 aliphatic rings. The highest BCUT2D eigenvalue weighted by Crippen LogP contribution is 2.17. The summed E-state index contributed by atoms with van der Waals surface area (Å²) in [5.41, 5.74) is 1.21. The van der Waals surface area contributed by atoms with Crippen LogP contribution in [0.3, 0.4) is 0 Å². The predicted octanol–water partition coefficient (Wildman–Crippen LogP) is 3.47. The second-order valence-electron chi connectivity index (χ2n) is 6.02. The third kappa shape index (κ3) is 5.19. The zero-order valence-electron chi connectivity index (χ0n) is 15.4. The highest BCUT2D eigenvalue weighted by atomic mass is 79.9. The summed E-state index contributed by atoms with van der Waals surface area (Å²) in [6.45, 7) is 4.24. The number of hydrogen-bond donors (Lipinski definition) is 2. The Morgan fingerprint density at radius 3 is 2.89 bits per heavy atom. The third-order valence-corrected chi connectivity index (χ3v) is 4.72. The highest BCUT2D eigenvalue weighted by molar-refractivity contribution is 9.10. The van der Waals surface area contributed by atoms with Gasteiger partial charge in [-0.1, -0.05) is 34.1 Å². The molecule has 2 aromatic heterocycles. The standard InChI is InChI=1S/C19H23BrN6O/c1-3-21-19(26(2)13-14-7-4-5-8-15(14)20)22-11-10-17-23-18(25-24-17)16-9-6-12-27-16/h4-9,12H,3,10-11,13H2,1-2H3,(H,21,22)(H,23,24,25). The molecule has 0 unspecified atom stereocenters. The Kier molecular flexibility index (Phi) is 6.64. The molecule has 0 saturated heterocycles. The van der Waals surface area contributed by atoms with Crippen molar-refractivity contribution in [1.82, 2.24) is 25.4 Å². The summed E-state index contributed by atoms with van der Waals surface area (Å²) >= 11 is 3.60. The summed E-state index contributed by atoms with van der Waals surface area (Å²) in [5.74, 6) is 2.87. The van der Waals surface area contributed by atoms with Gasteiger partial charge in [0.05, 0.1) is 6.26 Å². The number of H-pyrrole nitrogens is 1. The first kappa shape index (κ1) is 19.2. The van der Waals surface area contributed by atoms with E-state index in [0.29, 0.717) is 24.6 Å². The number of aromatic nitrogens is 3. The fraction of sp³-hybridized carbons (Fsp3) is 0.316. The van der Waals surface area contributed by atoms with Crippen molar-refractivity contribution in [1.29, 1.82) is 0 Å². The van der Waals surface area contributed by atoms with Crippen LogP contribution in [-0.4, -0.2) is 46.2 Å². The largest absolute Gasteiger partial charge is 0.461 e. The SMILES string of the molecule is CCNC(=NCCc1nc(-c2ccco2)n[nH]1)N(C)Cc1ccccc1Br.